The number of guanidine groups is 1. The van der Waals surface area contributed by atoms with Crippen molar-refractivity contribution >= 4 is 5.96 Å². The molecule has 1 aliphatic heterocycles. The van der Waals surface area contributed by atoms with Crippen LogP contribution in [0.15, 0.2) is 29.3 Å². The largest absolute Gasteiger partial charge is 0.379 e. The van der Waals surface area contributed by atoms with Gasteiger partial charge in [0.15, 0.2) is 5.96 Å². The second-order valence-electron chi connectivity index (χ2n) is 5.91. The summed E-state index contributed by atoms with van der Waals surface area (Å²) in [6, 6.07) is 8.48. The molecule has 0 aliphatic carbocycles. The molecule has 1 fully saturated rings. The number of benzene rings is 1. The summed E-state index contributed by atoms with van der Waals surface area (Å²) in [5, 5.41) is 6.64. The fraction of sp³-hybridized carbons (Fsp3) is 0.611. The van der Waals surface area contributed by atoms with Crippen LogP contribution in [-0.2, 0) is 16.0 Å². The van der Waals surface area contributed by atoms with Crippen molar-refractivity contribution in [2.75, 3.05) is 33.4 Å². The molecular formula is C18H29N3O2. The number of rotatable bonds is 8. The minimum absolute atomic E-state index is 0.312. The lowest BCUT2D eigenvalue weighted by Crippen LogP contribution is -2.37. The highest BCUT2D eigenvalue weighted by Crippen LogP contribution is 2.11. The summed E-state index contributed by atoms with van der Waals surface area (Å²) < 4.78 is 11.2. The van der Waals surface area contributed by atoms with Gasteiger partial charge in [0.2, 0.25) is 0 Å². The normalized spacial score (nSPS) is 18.2. The van der Waals surface area contributed by atoms with Gasteiger partial charge in [-0.3, -0.25) is 4.99 Å². The van der Waals surface area contributed by atoms with Gasteiger partial charge < -0.3 is 20.1 Å². The fourth-order valence-electron chi connectivity index (χ4n) is 2.60. The molecule has 0 aromatic heterocycles. The van der Waals surface area contributed by atoms with Gasteiger partial charge in [0.05, 0.1) is 12.7 Å². The molecule has 1 aromatic rings. The topological polar surface area (TPSA) is 54.9 Å². The number of aliphatic imine (C=N–C) groups is 1. The Morgan fingerprint density at radius 3 is 3.04 bits per heavy atom. The SMILES string of the molecule is CN=C(NCCCOCC1CCCO1)NCc1cccc(C)c1. The molecule has 0 saturated carbocycles. The maximum atomic E-state index is 5.65. The number of hydrogen-bond acceptors (Lipinski definition) is 3. The predicted octanol–water partition coefficient (Wildman–Crippen LogP) is 2.25. The van der Waals surface area contributed by atoms with Crippen molar-refractivity contribution in [2.24, 2.45) is 4.99 Å². The maximum Gasteiger partial charge on any atom is 0.191 e. The third-order valence-corrected chi connectivity index (χ3v) is 3.85. The van der Waals surface area contributed by atoms with Crippen LogP contribution < -0.4 is 10.6 Å². The molecule has 1 saturated heterocycles. The molecule has 128 valence electrons. The Hall–Kier alpha value is -1.59. The summed E-state index contributed by atoms with van der Waals surface area (Å²) in [4.78, 5) is 4.24. The van der Waals surface area contributed by atoms with Crippen LogP contribution in [0.5, 0.6) is 0 Å². The summed E-state index contributed by atoms with van der Waals surface area (Å²) in [6.07, 6.45) is 3.57. The molecule has 2 rings (SSSR count). The predicted molar refractivity (Wildman–Crippen MR) is 93.8 cm³/mol. The van der Waals surface area contributed by atoms with Gasteiger partial charge in [-0.2, -0.15) is 0 Å². The zero-order chi connectivity index (χ0) is 16.3. The molecular weight excluding hydrogens is 290 g/mol. The molecule has 0 bridgehead atoms. The highest BCUT2D eigenvalue weighted by Gasteiger charge is 2.14. The zero-order valence-electron chi connectivity index (χ0n) is 14.3. The van der Waals surface area contributed by atoms with Crippen LogP contribution in [-0.4, -0.2) is 45.5 Å². The highest BCUT2D eigenvalue weighted by molar-refractivity contribution is 5.79. The summed E-state index contributed by atoms with van der Waals surface area (Å²) in [6.45, 7) is 6.09. The van der Waals surface area contributed by atoms with E-state index in [0.29, 0.717) is 6.10 Å². The molecule has 0 amide bonds. The number of nitrogens with zero attached hydrogens (tertiary/aromatic N) is 1. The van der Waals surface area contributed by atoms with Crippen molar-refractivity contribution in [2.45, 2.75) is 38.8 Å². The first-order valence-corrected chi connectivity index (χ1v) is 8.47. The van der Waals surface area contributed by atoms with Crippen molar-refractivity contribution in [1.29, 1.82) is 0 Å². The summed E-state index contributed by atoms with van der Waals surface area (Å²) >= 11 is 0. The Bertz CT molecular complexity index is 485. The van der Waals surface area contributed by atoms with E-state index < -0.39 is 0 Å². The van der Waals surface area contributed by atoms with Crippen molar-refractivity contribution in [3.8, 4) is 0 Å². The fourth-order valence-corrected chi connectivity index (χ4v) is 2.60. The summed E-state index contributed by atoms with van der Waals surface area (Å²) in [7, 11) is 1.79. The van der Waals surface area contributed by atoms with Gasteiger partial charge in [-0.15, -0.1) is 0 Å². The lowest BCUT2D eigenvalue weighted by atomic mass is 10.1. The van der Waals surface area contributed by atoms with E-state index >= 15 is 0 Å². The van der Waals surface area contributed by atoms with E-state index in [1.807, 2.05) is 0 Å². The molecule has 2 N–H and O–H groups in total. The van der Waals surface area contributed by atoms with Crippen molar-refractivity contribution in [3.63, 3.8) is 0 Å². The van der Waals surface area contributed by atoms with E-state index in [0.717, 1.165) is 51.7 Å². The van der Waals surface area contributed by atoms with E-state index in [2.05, 4.69) is 46.8 Å². The summed E-state index contributed by atoms with van der Waals surface area (Å²) in [5.74, 6) is 0.825. The third kappa shape index (κ3) is 7.01. The van der Waals surface area contributed by atoms with Gasteiger partial charge in [-0.1, -0.05) is 29.8 Å². The quantitative estimate of drug-likeness (QED) is 0.438. The van der Waals surface area contributed by atoms with Crippen LogP contribution in [0.1, 0.15) is 30.4 Å². The number of ether oxygens (including phenoxy) is 2. The zero-order valence-corrected chi connectivity index (χ0v) is 14.3. The molecule has 5 nitrogen and oxygen atoms in total. The lowest BCUT2D eigenvalue weighted by molar-refractivity contribution is 0.0168. The van der Waals surface area contributed by atoms with Crippen LogP contribution in [0.3, 0.4) is 0 Å². The van der Waals surface area contributed by atoms with Crippen molar-refractivity contribution in [3.05, 3.63) is 35.4 Å². The molecule has 23 heavy (non-hydrogen) atoms. The van der Waals surface area contributed by atoms with E-state index in [1.165, 1.54) is 17.5 Å². The third-order valence-electron chi connectivity index (χ3n) is 3.85. The van der Waals surface area contributed by atoms with Crippen LogP contribution in [0.4, 0.5) is 0 Å². The second-order valence-corrected chi connectivity index (χ2v) is 5.91. The Balaban J connectivity index is 1.54. The van der Waals surface area contributed by atoms with Crippen LogP contribution >= 0.6 is 0 Å². The Kier molecular flexibility index (Phi) is 7.90. The standard InChI is InChI=1S/C18H29N3O2/c1-15-6-3-7-16(12-15)13-21-18(19-2)20-9-5-10-22-14-17-8-4-11-23-17/h3,6-7,12,17H,4-5,8-11,13-14H2,1-2H3,(H2,19,20,21). The average molecular weight is 319 g/mol. The molecule has 0 radical (unpaired) electrons. The first-order valence-electron chi connectivity index (χ1n) is 8.47. The molecule has 0 spiro atoms. The molecule has 1 aromatic carbocycles. The minimum atomic E-state index is 0.312. The van der Waals surface area contributed by atoms with E-state index in [4.69, 9.17) is 9.47 Å². The first kappa shape index (κ1) is 17.8. The van der Waals surface area contributed by atoms with Crippen LogP contribution in [0, 0.1) is 6.92 Å². The molecule has 1 heterocycles. The van der Waals surface area contributed by atoms with Crippen molar-refractivity contribution < 1.29 is 9.47 Å². The smallest absolute Gasteiger partial charge is 0.191 e. The maximum absolute atomic E-state index is 5.65. The molecule has 1 atom stereocenters. The van der Waals surface area contributed by atoms with E-state index in [-0.39, 0.29) is 0 Å². The lowest BCUT2D eigenvalue weighted by Gasteiger charge is -2.13. The van der Waals surface area contributed by atoms with Gasteiger partial charge in [0.1, 0.15) is 0 Å². The first-order chi connectivity index (χ1) is 11.3. The molecule has 5 heteroatoms. The number of hydrogen-bond donors (Lipinski definition) is 2. The second kappa shape index (κ2) is 10.2. The highest BCUT2D eigenvalue weighted by atomic mass is 16.5. The van der Waals surface area contributed by atoms with Gasteiger partial charge in [-0.25, -0.2) is 0 Å². The van der Waals surface area contributed by atoms with Gasteiger partial charge >= 0.3 is 0 Å². The van der Waals surface area contributed by atoms with Gasteiger partial charge in [0.25, 0.3) is 0 Å². The number of aryl methyl sites for hydroxylation is 1. The monoisotopic (exact) mass is 319 g/mol. The van der Waals surface area contributed by atoms with Crippen molar-refractivity contribution in [1.82, 2.24) is 10.6 Å². The van der Waals surface area contributed by atoms with Crippen LogP contribution in [0.2, 0.25) is 0 Å². The number of nitrogens with one attached hydrogen (secondary N) is 2. The van der Waals surface area contributed by atoms with E-state index in [1.54, 1.807) is 7.05 Å². The molecule has 1 unspecified atom stereocenters. The van der Waals surface area contributed by atoms with Crippen LogP contribution in [0.25, 0.3) is 0 Å². The van der Waals surface area contributed by atoms with E-state index in [9.17, 15) is 0 Å². The Labute approximate surface area is 139 Å². The Morgan fingerprint density at radius 2 is 2.30 bits per heavy atom. The minimum Gasteiger partial charge on any atom is -0.379 e. The average Bonchev–Trinajstić information content (AvgIpc) is 3.07. The van der Waals surface area contributed by atoms with Gasteiger partial charge in [-0.05, 0) is 31.7 Å². The molecule has 1 aliphatic rings. The summed E-state index contributed by atoms with van der Waals surface area (Å²) in [5.41, 5.74) is 2.53. The Morgan fingerprint density at radius 1 is 1.39 bits per heavy atom. The van der Waals surface area contributed by atoms with Gasteiger partial charge in [0, 0.05) is 33.4 Å².